The minimum absolute atomic E-state index is 0.0687. The zero-order valence-corrected chi connectivity index (χ0v) is 20.4. The Morgan fingerprint density at radius 3 is 2.00 bits per heavy atom. The highest BCUT2D eigenvalue weighted by atomic mass is 16.5. The Morgan fingerprint density at radius 1 is 0.829 bits per heavy atom. The van der Waals surface area contributed by atoms with Gasteiger partial charge in [-0.2, -0.15) is 5.10 Å². The number of hydrogen-bond donors (Lipinski definition) is 1. The van der Waals surface area contributed by atoms with Crippen molar-refractivity contribution in [2.75, 3.05) is 19.5 Å². The van der Waals surface area contributed by atoms with Crippen LogP contribution in [0.1, 0.15) is 23.2 Å². The highest BCUT2D eigenvalue weighted by molar-refractivity contribution is 5.90. The molecule has 1 heterocycles. The summed E-state index contributed by atoms with van der Waals surface area (Å²) in [4.78, 5) is 12.7. The van der Waals surface area contributed by atoms with Crippen LogP contribution in [0, 0.1) is 13.8 Å². The first-order valence-electron chi connectivity index (χ1n) is 11.4. The largest absolute Gasteiger partial charge is 0.497 e. The number of anilines is 1. The molecule has 0 radical (unpaired) electrons. The summed E-state index contributed by atoms with van der Waals surface area (Å²) in [6.07, 6.45) is 0.771. The molecular weight excluding hydrogens is 442 g/mol. The number of benzene rings is 3. The van der Waals surface area contributed by atoms with Crippen molar-refractivity contribution in [3.05, 3.63) is 89.6 Å². The summed E-state index contributed by atoms with van der Waals surface area (Å²) in [5.41, 5.74) is 4.42. The normalized spacial score (nSPS) is 10.6. The Kier molecular flexibility index (Phi) is 7.35. The summed E-state index contributed by atoms with van der Waals surface area (Å²) in [5, 5.41) is 7.69. The zero-order chi connectivity index (χ0) is 24.8. The Labute approximate surface area is 205 Å². The van der Waals surface area contributed by atoms with Crippen molar-refractivity contribution in [2.24, 2.45) is 0 Å². The Morgan fingerprint density at radius 2 is 1.40 bits per heavy atom. The fourth-order valence-electron chi connectivity index (χ4n) is 3.68. The molecular formula is C28H29N3O4. The molecule has 0 atom stereocenters. The topological polar surface area (TPSA) is 74.6 Å². The van der Waals surface area contributed by atoms with Crippen LogP contribution in [0.2, 0.25) is 0 Å². The fourth-order valence-corrected chi connectivity index (χ4v) is 3.68. The molecule has 0 aliphatic rings. The number of amides is 1. The number of carbonyl (C=O) groups excluding carboxylic acids is 1. The molecule has 0 aliphatic heterocycles. The van der Waals surface area contributed by atoms with Crippen LogP contribution in [0.15, 0.2) is 72.8 Å². The lowest BCUT2D eigenvalue weighted by Gasteiger charge is -2.12. The minimum Gasteiger partial charge on any atom is -0.497 e. The minimum atomic E-state index is -0.0687. The summed E-state index contributed by atoms with van der Waals surface area (Å²) in [6.45, 7) is 3.94. The molecule has 3 aromatic carbocycles. The molecule has 0 unspecified atom stereocenters. The van der Waals surface area contributed by atoms with Gasteiger partial charge in [0.15, 0.2) is 0 Å². The molecule has 1 amide bonds. The molecule has 1 N–H and O–H groups in total. The van der Waals surface area contributed by atoms with E-state index in [0.29, 0.717) is 24.5 Å². The summed E-state index contributed by atoms with van der Waals surface area (Å²) in [6, 6.07) is 22.7. The average molecular weight is 472 g/mol. The van der Waals surface area contributed by atoms with Gasteiger partial charge in [-0.15, -0.1) is 0 Å². The lowest BCUT2D eigenvalue weighted by molar-refractivity contribution is -0.116. The van der Waals surface area contributed by atoms with E-state index >= 15 is 0 Å². The van der Waals surface area contributed by atoms with Crippen LogP contribution in [0.25, 0.3) is 5.69 Å². The first kappa shape index (κ1) is 23.9. The van der Waals surface area contributed by atoms with Gasteiger partial charge >= 0.3 is 0 Å². The van der Waals surface area contributed by atoms with E-state index in [1.165, 1.54) is 0 Å². The predicted molar refractivity (Wildman–Crippen MR) is 136 cm³/mol. The third kappa shape index (κ3) is 5.81. The van der Waals surface area contributed by atoms with Gasteiger partial charge in [0.2, 0.25) is 11.8 Å². The number of aryl methyl sites for hydroxylation is 2. The van der Waals surface area contributed by atoms with Crippen LogP contribution >= 0.6 is 0 Å². The molecule has 4 aromatic rings. The van der Waals surface area contributed by atoms with E-state index in [1.54, 1.807) is 18.9 Å². The lowest BCUT2D eigenvalue weighted by Crippen LogP contribution is -2.12. The molecule has 0 aliphatic carbocycles. The second-order valence-electron chi connectivity index (χ2n) is 8.17. The van der Waals surface area contributed by atoms with Crippen LogP contribution in [0.5, 0.6) is 23.1 Å². The van der Waals surface area contributed by atoms with Crippen molar-refractivity contribution in [2.45, 2.75) is 26.7 Å². The molecule has 7 heteroatoms. The fraction of sp³-hybridized carbons (Fsp3) is 0.214. The molecule has 0 spiro atoms. The van der Waals surface area contributed by atoms with Crippen molar-refractivity contribution in [3.63, 3.8) is 0 Å². The summed E-state index contributed by atoms with van der Waals surface area (Å²) >= 11 is 0. The van der Waals surface area contributed by atoms with Gasteiger partial charge in [0.25, 0.3) is 0 Å². The van der Waals surface area contributed by atoms with Crippen molar-refractivity contribution >= 4 is 11.6 Å². The van der Waals surface area contributed by atoms with Crippen molar-refractivity contribution in [3.8, 4) is 28.8 Å². The van der Waals surface area contributed by atoms with E-state index < -0.39 is 0 Å². The number of hydrogen-bond acceptors (Lipinski definition) is 5. The smallest absolute Gasteiger partial charge is 0.226 e. The first-order valence-corrected chi connectivity index (χ1v) is 11.4. The number of ether oxygens (including phenoxy) is 3. The van der Waals surface area contributed by atoms with E-state index in [-0.39, 0.29) is 5.91 Å². The molecule has 0 bridgehead atoms. The lowest BCUT2D eigenvalue weighted by atomic mass is 10.1. The third-order valence-corrected chi connectivity index (χ3v) is 5.67. The van der Waals surface area contributed by atoms with Crippen LogP contribution < -0.4 is 19.5 Å². The first-order chi connectivity index (χ1) is 17.0. The van der Waals surface area contributed by atoms with Gasteiger partial charge in [-0.05, 0) is 80.9 Å². The Hall–Kier alpha value is -4.26. The molecule has 7 nitrogen and oxygen atoms in total. The van der Waals surface area contributed by atoms with Gasteiger partial charge in [0.05, 0.1) is 25.6 Å². The average Bonchev–Trinajstić information content (AvgIpc) is 3.19. The van der Waals surface area contributed by atoms with Gasteiger partial charge in [0, 0.05) is 17.7 Å². The molecule has 0 saturated carbocycles. The number of nitrogens with zero attached hydrogens (tertiary/aromatic N) is 2. The van der Waals surface area contributed by atoms with Gasteiger partial charge < -0.3 is 19.5 Å². The highest BCUT2D eigenvalue weighted by Gasteiger charge is 2.20. The Balaban J connectivity index is 1.60. The van der Waals surface area contributed by atoms with E-state index in [9.17, 15) is 4.79 Å². The van der Waals surface area contributed by atoms with Gasteiger partial charge in [-0.25, -0.2) is 4.68 Å². The second-order valence-corrected chi connectivity index (χ2v) is 8.17. The predicted octanol–water partition coefficient (Wildman–Crippen LogP) is 5.87. The molecule has 4 rings (SSSR count). The second kappa shape index (κ2) is 10.8. The van der Waals surface area contributed by atoms with E-state index in [2.05, 4.69) is 5.32 Å². The molecule has 0 saturated heterocycles. The molecule has 180 valence electrons. The third-order valence-electron chi connectivity index (χ3n) is 5.67. The van der Waals surface area contributed by atoms with E-state index in [0.717, 1.165) is 39.7 Å². The maximum atomic E-state index is 12.7. The maximum Gasteiger partial charge on any atom is 0.226 e. The van der Waals surface area contributed by atoms with Gasteiger partial charge in [-0.3, -0.25) is 4.79 Å². The zero-order valence-electron chi connectivity index (χ0n) is 20.4. The SMILES string of the molecule is COc1ccc(Oc2c(CCC(=O)Nc3ccc(C)cc3)c(C)nn2-c2ccc(OC)cc2)cc1. The van der Waals surface area contributed by atoms with Crippen LogP contribution in [-0.2, 0) is 11.2 Å². The molecule has 35 heavy (non-hydrogen) atoms. The number of aromatic nitrogens is 2. The summed E-state index contributed by atoms with van der Waals surface area (Å²) in [7, 11) is 3.25. The maximum absolute atomic E-state index is 12.7. The van der Waals surface area contributed by atoms with Crippen LogP contribution in [0.4, 0.5) is 5.69 Å². The van der Waals surface area contributed by atoms with Crippen molar-refractivity contribution in [1.29, 1.82) is 0 Å². The number of methoxy groups -OCH3 is 2. The van der Waals surface area contributed by atoms with Crippen LogP contribution in [0.3, 0.4) is 0 Å². The van der Waals surface area contributed by atoms with Crippen LogP contribution in [-0.4, -0.2) is 29.9 Å². The van der Waals surface area contributed by atoms with E-state index in [1.807, 2.05) is 86.6 Å². The number of rotatable bonds is 9. The van der Waals surface area contributed by atoms with E-state index in [4.69, 9.17) is 19.3 Å². The highest BCUT2D eigenvalue weighted by Crippen LogP contribution is 2.32. The van der Waals surface area contributed by atoms with Crippen molar-refractivity contribution < 1.29 is 19.0 Å². The quantitative estimate of drug-likeness (QED) is 0.330. The monoisotopic (exact) mass is 471 g/mol. The number of carbonyl (C=O) groups is 1. The molecule has 0 fully saturated rings. The Bertz CT molecular complexity index is 1280. The molecule has 1 aromatic heterocycles. The summed E-state index contributed by atoms with van der Waals surface area (Å²) in [5.74, 6) is 2.64. The number of nitrogens with one attached hydrogen (secondary N) is 1. The van der Waals surface area contributed by atoms with Crippen molar-refractivity contribution in [1.82, 2.24) is 9.78 Å². The van der Waals surface area contributed by atoms with Gasteiger partial charge in [0.1, 0.15) is 17.2 Å². The summed E-state index contributed by atoms with van der Waals surface area (Å²) < 4.78 is 18.6. The standard InChI is InChI=1S/C28H29N3O4/c1-19-5-7-21(8-6-19)29-27(32)18-17-26-20(2)30-31(22-9-11-23(33-3)12-10-22)28(26)35-25-15-13-24(34-4)14-16-25/h5-16H,17-18H2,1-4H3,(H,29,32). The van der Waals surface area contributed by atoms with Gasteiger partial charge in [-0.1, -0.05) is 17.7 Å².